The van der Waals surface area contributed by atoms with Crippen molar-refractivity contribution in [2.45, 2.75) is 31.0 Å². The van der Waals surface area contributed by atoms with Gasteiger partial charge in [-0.3, -0.25) is 10.1 Å². The highest BCUT2D eigenvalue weighted by atomic mass is 32.2. The van der Waals surface area contributed by atoms with Crippen LogP contribution in [0.25, 0.3) is 11.4 Å². The summed E-state index contributed by atoms with van der Waals surface area (Å²) in [6, 6.07) is 17.1. The standard InChI is InChI=1S/C22H25N5O3S/c1-30-18-11-6-5-10-17(18)20-25-26-22(31-15-7-12-19(28)24-21(23)29)27(20)14-13-16-8-3-2-4-9-16/h2-6,8-11H,7,12-15H2,1H3,(H3,23,24,28,29). The number of carbonyl (C=O) groups excluding carboxylic acids is 2. The minimum absolute atomic E-state index is 0.216. The molecule has 0 bridgehead atoms. The molecule has 3 amide bonds. The van der Waals surface area contributed by atoms with Crippen molar-refractivity contribution in [3.8, 4) is 17.1 Å². The topological polar surface area (TPSA) is 112 Å². The van der Waals surface area contributed by atoms with Crippen molar-refractivity contribution in [3.05, 3.63) is 60.2 Å². The van der Waals surface area contributed by atoms with Crippen molar-refractivity contribution in [2.24, 2.45) is 5.73 Å². The summed E-state index contributed by atoms with van der Waals surface area (Å²) in [5, 5.41) is 11.7. The summed E-state index contributed by atoms with van der Waals surface area (Å²) in [5.74, 6) is 1.74. The Morgan fingerprint density at radius 2 is 1.84 bits per heavy atom. The van der Waals surface area contributed by atoms with E-state index in [9.17, 15) is 9.59 Å². The van der Waals surface area contributed by atoms with Gasteiger partial charge in [-0.15, -0.1) is 10.2 Å². The molecule has 0 radical (unpaired) electrons. The van der Waals surface area contributed by atoms with Crippen molar-refractivity contribution < 1.29 is 14.3 Å². The number of thioether (sulfide) groups is 1. The minimum atomic E-state index is -0.834. The second kappa shape index (κ2) is 11.2. The number of aryl methyl sites for hydroxylation is 1. The molecule has 1 aromatic heterocycles. The largest absolute Gasteiger partial charge is 0.496 e. The SMILES string of the molecule is COc1ccccc1-c1nnc(SCCCC(=O)NC(N)=O)n1CCc1ccccc1. The summed E-state index contributed by atoms with van der Waals surface area (Å²) in [4.78, 5) is 22.3. The minimum Gasteiger partial charge on any atom is -0.496 e. The Labute approximate surface area is 185 Å². The van der Waals surface area contributed by atoms with Gasteiger partial charge in [-0.05, 0) is 30.5 Å². The number of hydrogen-bond acceptors (Lipinski definition) is 6. The lowest BCUT2D eigenvalue weighted by atomic mass is 10.1. The molecule has 3 aromatic rings. The number of nitrogens with zero attached hydrogens (tertiary/aromatic N) is 3. The lowest BCUT2D eigenvalue weighted by Gasteiger charge is -2.12. The fourth-order valence-corrected chi connectivity index (χ4v) is 4.01. The fraction of sp³-hybridized carbons (Fsp3) is 0.273. The van der Waals surface area contributed by atoms with Crippen molar-refractivity contribution in [1.82, 2.24) is 20.1 Å². The number of imide groups is 1. The molecule has 2 aromatic carbocycles. The first-order chi connectivity index (χ1) is 15.1. The lowest BCUT2D eigenvalue weighted by Crippen LogP contribution is -2.34. The Balaban J connectivity index is 1.76. The maximum Gasteiger partial charge on any atom is 0.318 e. The van der Waals surface area contributed by atoms with E-state index in [1.807, 2.05) is 42.5 Å². The van der Waals surface area contributed by atoms with Crippen molar-refractivity contribution in [1.29, 1.82) is 0 Å². The number of carbonyl (C=O) groups is 2. The average Bonchev–Trinajstić information content (AvgIpc) is 3.18. The van der Waals surface area contributed by atoms with E-state index in [0.717, 1.165) is 28.7 Å². The second-order valence-corrected chi connectivity index (χ2v) is 7.82. The Kier molecular flexibility index (Phi) is 8.05. The van der Waals surface area contributed by atoms with E-state index in [2.05, 4.69) is 32.2 Å². The van der Waals surface area contributed by atoms with Gasteiger partial charge < -0.3 is 15.0 Å². The van der Waals surface area contributed by atoms with Gasteiger partial charge in [0.2, 0.25) is 5.91 Å². The Bertz CT molecular complexity index is 1020. The molecular formula is C22H25N5O3S. The van der Waals surface area contributed by atoms with Gasteiger partial charge >= 0.3 is 6.03 Å². The third-order valence-corrected chi connectivity index (χ3v) is 5.63. The highest BCUT2D eigenvalue weighted by Gasteiger charge is 2.17. The summed E-state index contributed by atoms with van der Waals surface area (Å²) in [5.41, 5.74) is 7.06. The zero-order chi connectivity index (χ0) is 22.1. The van der Waals surface area contributed by atoms with Gasteiger partial charge in [0.1, 0.15) is 5.75 Å². The van der Waals surface area contributed by atoms with Gasteiger partial charge in [0.15, 0.2) is 11.0 Å². The number of rotatable bonds is 10. The Morgan fingerprint density at radius 1 is 1.10 bits per heavy atom. The molecule has 1 heterocycles. The number of primary amides is 1. The molecule has 0 unspecified atom stereocenters. The summed E-state index contributed by atoms with van der Waals surface area (Å²) in [7, 11) is 1.64. The average molecular weight is 440 g/mol. The molecule has 0 aliphatic rings. The van der Waals surface area contributed by atoms with Gasteiger partial charge in [-0.1, -0.05) is 54.2 Å². The van der Waals surface area contributed by atoms with Crippen LogP contribution in [0.1, 0.15) is 18.4 Å². The van der Waals surface area contributed by atoms with Crippen LogP contribution >= 0.6 is 11.8 Å². The van der Waals surface area contributed by atoms with Crippen molar-refractivity contribution in [2.75, 3.05) is 12.9 Å². The quantitative estimate of drug-likeness (QED) is 0.370. The first kappa shape index (κ1) is 22.4. The number of para-hydroxylation sites is 1. The van der Waals surface area contributed by atoms with Crippen LogP contribution in [-0.2, 0) is 17.8 Å². The zero-order valence-corrected chi connectivity index (χ0v) is 18.1. The molecule has 0 fully saturated rings. The molecule has 0 aliphatic carbocycles. The molecular weight excluding hydrogens is 414 g/mol. The molecule has 3 rings (SSSR count). The molecule has 0 atom stereocenters. The molecule has 9 heteroatoms. The molecule has 31 heavy (non-hydrogen) atoms. The van der Waals surface area contributed by atoms with Crippen LogP contribution in [0.3, 0.4) is 0 Å². The van der Waals surface area contributed by atoms with Crippen LogP contribution in [0.5, 0.6) is 5.75 Å². The number of urea groups is 1. The number of hydrogen-bond donors (Lipinski definition) is 2. The van der Waals surface area contributed by atoms with Crippen LogP contribution in [0.2, 0.25) is 0 Å². The molecule has 0 aliphatic heterocycles. The summed E-state index contributed by atoms with van der Waals surface area (Å²) in [6.07, 6.45) is 1.63. The summed E-state index contributed by atoms with van der Waals surface area (Å²) < 4.78 is 7.60. The van der Waals surface area contributed by atoms with Gasteiger partial charge in [-0.25, -0.2) is 4.79 Å². The van der Waals surface area contributed by atoms with Gasteiger partial charge in [0.25, 0.3) is 0 Å². The maximum absolute atomic E-state index is 11.6. The predicted molar refractivity (Wildman–Crippen MR) is 120 cm³/mol. The highest BCUT2D eigenvalue weighted by molar-refractivity contribution is 7.99. The van der Waals surface area contributed by atoms with E-state index in [0.29, 0.717) is 18.7 Å². The second-order valence-electron chi connectivity index (χ2n) is 6.76. The van der Waals surface area contributed by atoms with E-state index in [4.69, 9.17) is 10.5 Å². The smallest absolute Gasteiger partial charge is 0.318 e. The normalized spacial score (nSPS) is 10.6. The van der Waals surface area contributed by atoms with Gasteiger partial charge in [0.05, 0.1) is 12.7 Å². The number of ether oxygens (including phenoxy) is 1. The summed E-state index contributed by atoms with van der Waals surface area (Å²) in [6.45, 7) is 0.703. The number of aromatic nitrogens is 3. The van der Waals surface area contributed by atoms with E-state index in [1.54, 1.807) is 7.11 Å². The number of methoxy groups -OCH3 is 1. The number of nitrogens with one attached hydrogen (secondary N) is 1. The van der Waals surface area contributed by atoms with E-state index >= 15 is 0 Å². The Hall–Kier alpha value is -3.33. The lowest BCUT2D eigenvalue weighted by molar-refractivity contribution is -0.119. The summed E-state index contributed by atoms with van der Waals surface area (Å²) >= 11 is 1.52. The van der Waals surface area contributed by atoms with E-state index < -0.39 is 6.03 Å². The van der Waals surface area contributed by atoms with E-state index in [1.165, 1.54) is 17.3 Å². The third kappa shape index (κ3) is 6.32. The van der Waals surface area contributed by atoms with Crippen LogP contribution in [0, 0.1) is 0 Å². The zero-order valence-electron chi connectivity index (χ0n) is 17.3. The molecule has 0 spiro atoms. The molecule has 0 saturated carbocycles. The van der Waals surface area contributed by atoms with Crippen LogP contribution in [-0.4, -0.2) is 39.6 Å². The predicted octanol–water partition coefficient (Wildman–Crippen LogP) is 3.26. The molecule has 162 valence electrons. The van der Waals surface area contributed by atoms with Gasteiger partial charge in [-0.2, -0.15) is 0 Å². The number of amides is 3. The maximum atomic E-state index is 11.6. The van der Waals surface area contributed by atoms with Gasteiger partial charge in [0, 0.05) is 18.7 Å². The number of nitrogens with two attached hydrogens (primary N) is 1. The first-order valence-corrected chi connectivity index (χ1v) is 10.9. The molecule has 8 nitrogen and oxygen atoms in total. The van der Waals surface area contributed by atoms with Crippen LogP contribution < -0.4 is 15.8 Å². The Morgan fingerprint density at radius 3 is 2.58 bits per heavy atom. The monoisotopic (exact) mass is 439 g/mol. The van der Waals surface area contributed by atoms with Crippen LogP contribution in [0.15, 0.2) is 59.8 Å². The molecule has 3 N–H and O–H groups in total. The first-order valence-electron chi connectivity index (χ1n) is 9.91. The van der Waals surface area contributed by atoms with Crippen molar-refractivity contribution in [3.63, 3.8) is 0 Å². The third-order valence-electron chi connectivity index (χ3n) is 4.57. The number of benzene rings is 2. The van der Waals surface area contributed by atoms with Crippen molar-refractivity contribution >= 4 is 23.7 Å². The van der Waals surface area contributed by atoms with Crippen LogP contribution in [0.4, 0.5) is 4.79 Å². The molecule has 0 saturated heterocycles. The van der Waals surface area contributed by atoms with E-state index in [-0.39, 0.29) is 12.3 Å². The fourth-order valence-electron chi connectivity index (χ4n) is 3.11. The highest BCUT2D eigenvalue weighted by Crippen LogP contribution is 2.31.